The van der Waals surface area contributed by atoms with Crippen molar-refractivity contribution in [3.05, 3.63) is 56.9 Å². The first-order chi connectivity index (χ1) is 13.4. The van der Waals surface area contributed by atoms with E-state index in [1.54, 1.807) is 11.0 Å². The molecule has 0 bridgehead atoms. The van der Waals surface area contributed by atoms with E-state index in [-0.39, 0.29) is 23.0 Å². The predicted octanol–water partition coefficient (Wildman–Crippen LogP) is 4.67. The van der Waals surface area contributed by atoms with Gasteiger partial charge in [0.05, 0.1) is 16.9 Å². The smallest absolute Gasteiger partial charge is 0.256 e. The largest absolute Gasteiger partial charge is 0.350 e. The average Bonchev–Trinajstić information content (AvgIpc) is 2.62. The Morgan fingerprint density at radius 3 is 2.61 bits per heavy atom. The molecular formula is C20H21F3IN3O. The third-order valence-corrected chi connectivity index (χ3v) is 5.32. The molecule has 0 radical (unpaired) electrons. The van der Waals surface area contributed by atoms with Crippen molar-refractivity contribution in [1.82, 2.24) is 10.2 Å². The zero-order valence-corrected chi connectivity index (χ0v) is 17.5. The molecule has 2 aromatic carbocycles. The van der Waals surface area contributed by atoms with Crippen molar-refractivity contribution in [2.24, 2.45) is 0 Å². The summed E-state index contributed by atoms with van der Waals surface area (Å²) in [5.74, 6) is -3.34. The topological polar surface area (TPSA) is 44.4 Å². The van der Waals surface area contributed by atoms with Crippen molar-refractivity contribution in [2.75, 3.05) is 25.0 Å². The number of amides is 1. The molecule has 2 aromatic rings. The van der Waals surface area contributed by atoms with Crippen molar-refractivity contribution >= 4 is 39.9 Å². The number of likely N-dealkylation sites (tertiary alicyclic amines) is 1. The lowest BCUT2D eigenvalue weighted by Crippen LogP contribution is -2.60. The molecule has 2 N–H and O–H groups in total. The molecule has 3 rings (SSSR count). The molecule has 28 heavy (non-hydrogen) atoms. The zero-order valence-electron chi connectivity index (χ0n) is 15.4. The number of hydrogen-bond donors (Lipinski definition) is 2. The lowest BCUT2D eigenvalue weighted by molar-refractivity contribution is 0.0568. The number of carbonyl (C=O) groups excluding carboxylic acids is 1. The molecule has 0 aromatic heterocycles. The molecule has 1 amide bonds. The minimum Gasteiger partial charge on any atom is -0.350 e. The van der Waals surface area contributed by atoms with E-state index in [9.17, 15) is 18.0 Å². The Bertz CT molecular complexity index is 872. The van der Waals surface area contributed by atoms with E-state index >= 15 is 0 Å². The predicted molar refractivity (Wildman–Crippen MR) is 111 cm³/mol. The molecule has 0 unspecified atom stereocenters. The van der Waals surface area contributed by atoms with Crippen LogP contribution >= 0.6 is 22.6 Å². The van der Waals surface area contributed by atoms with Crippen LogP contribution in [-0.2, 0) is 0 Å². The van der Waals surface area contributed by atoms with Gasteiger partial charge in [0.2, 0.25) is 0 Å². The van der Waals surface area contributed by atoms with E-state index in [1.807, 2.05) is 22.6 Å². The molecule has 1 aliphatic heterocycles. The normalized spacial score (nSPS) is 14.1. The third-order valence-electron chi connectivity index (χ3n) is 4.65. The molecule has 1 heterocycles. The van der Waals surface area contributed by atoms with Gasteiger partial charge in [-0.05, 0) is 65.9 Å². The number of halogens is 4. The van der Waals surface area contributed by atoms with Gasteiger partial charge in [0.1, 0.15) is 5.82 Å². The highest BCUT2D eigenvalue weighted by molar-refractivity contribution is 14.1. The van der Waals surface area contributed by atoms with Crippen LogP contribution in [0.4, 0.5) is 24.5 Å². The number of rotatable bonds is 7. The molecule has 4 nitrogen and oxygen atoms in total. The van der Waals surface area contributed by atoms with Crippen LogP contribution in [0.3, 0.4) is 0 Å². The number of hydrogen-bond acceptors (Lipinski definition) is 3. The Balaban J connectivity index is 1.78. The van der Waals surface area contributed by atoms with Gasteiger partial charge in [-0.3, -0.25) is 4.79 Å². The van der Waals surface area contributed by atoms with Crippen molar-refractivity contribution in [3.63, 3.8) is 0 Å². The van der Waals surface area contributed by atoms with Crippen molar-refractivity contribution in [2.45, 2.75) is 25.8 Å². The minimum atomic E-state index is -1.21. The highest BCUT2D eigenvalue weighted by Gasteiger charge is 2.33. The molecule has 150 valence electrons. The van der Waals surface area contributed by atoms with Gasteiger partial charge in [-0.15, -0.1) is 0 Å². The molecule has 0 atom stereocenters. The van der Waals surface area contributed by atoms with Crippen LogP contribution in [0, 0.1) is 21.0 Å². The fraction of sp³-hybridized carbons (Fsp3) is 0.350. The number of unbranched alkanes of at least 4 members (excludes halogenated alkanes) is 1. The number of carbonyl (C=O) groups is 1. The second-order valence-corrected chi connectivity index (χ2v) is 7.99. The third kappa shape index (κ3) is 4.60. The van der Waals surface area contributed by atoms with Gasteiger partial charge in [-0.1, -0.05) is 13.3 Å². The van der Waals surface area contributed by atoms with E-state index in [2.05, 4.69) is 17.6 Å². The van der Waals surface area contributed by atoms with E-state index in [0.717, 1.165) is 25.5 Å². The Labute approximate surface area is 175 Å². The summed E-state index contributed by atoms with van der Waals surface area (Å²) >= 11 is 1.95. The first kappa shape index (κ1) is 20.9. The fourth-order valence-corrected chi connectivity index (χ4v) is 3.46. The number of nitrogens with zero attached hydrogens (tertiary/aromatic N) is 1. The summed E-state index contributed by atoms with van der Waals surface area (Å²) in [6, 6.07) is 6.66. The standard InChI is InChI=1S/C20H21F3IN3O/c1-2-3-8-25-13-10-27(11-13)20(28)14-5-6-15(21)18(23)19(14)26-17-7-4-12(24)9-16(17)22/h4-7,9,13,25-26H,2-3,8,10-11H2,1H3. The maximum Gasteiger partial charge on any atom is 0.256 e. The van der Waals surface area contributed by atoms with Crippen LogP contribution in [0.15, 0.2) is 30.3 Å². The molecule has 8 heteroatoms. The summed E-state index contributed by atoms with van der Waals surface area (Å²) in [4.78, 5) is 14.4. The highest BCUT2D eigenvalue weighted by atomic mass is 127. The first-order valence-corrected chi connectivity index (χ1v) is 10.2. The summed E-state index contributed by atoms with van der Waals surface area (Å²) in [6.07, 6.45) is 2.14. The molecule has 1 saturated heterocycles. The van der Waals surface area contributed by atoms with Crippen LogP contribution in [0.25, 0.3) is 0 Å². The summed E-state index contributed by atoms with van der Waals surface area (Å²) in [7, 11) is 0. The second kappa shape index (κ2) is 9.13. The molecule has 1 fully saturated rings. The van der Waals surface area contributed by atoms with Gasteiger partial charge in [-0.25, -0.2) is 13.2 Å². The van der Waals surface area contributed by atoms with Gasteiger partial charge in [0.25, 0.3) is 5.91 Å². The van der Waals surface area contributed by atoms with Crippen LogP contribution in [0.1, 0.15) is 30.1 Å². The second-order valence-electron chi connectivity index (χ2n) is 6.75. The van der Waals surface area contributed by atoms with E-state index < -0.39 is 23.4 Å². The van der Waals surface area contributed by atoms with Gasteiger partial charge in [0.15, 0.2) is 11.6 Å². The fourth-order valence-electron chi connectivity index (χ4n) is 3.00. The van der Waals surface area contributed by atoms with Crippen LogP contribution < -0.4 is 10.6 Å². The van der Waals surface area contributed by atoms with Crippen LogP contribution in [0.2, 0.25) is 0 Å². The highest BCUT2D eigenvalue weighted by Crippen LogP contribution is 2.30. The zero-order chi connectivity index (χ0) is 20.3. The average molecular weight is 503 g/mol. The number of anilines is 2. The summed E-state index contributed by atoms with van der Waals surface area (Å²) < 4.78 is 43.0. The van der Waals surface area contributed by atoms with E-state index in [0.29, 0.717) is 16.7 Å². The van der Waals surface area contributed by atoms with Crippen LogP contribution in [0.5, 0.6) is 0 Å². The Morgan fingerprint density at radius 2 is 1.93 bits per heavy atom. The minimum absolute atomic E-state index is 0.0242. The molecule has 0 spiro atoms. The van der Waals surface area contributed by atoms with Gasteiger partial charge in [-0.2, -0.15) is 0 Å². The van der Waals surface area contributed by atoms with E-state index in [4.69, 9.17) is 0 Å². The lowest BCUT2D eigenvalue weighted by Gasteiger charge is -2.40. The Hall–Kier alpha value is -1.81. The van der Waals surface area contributed by atoms with Crippen LogP contribution in [-0.4, -0.2) is 36.5 Å². The van der Waals surface area contributed by atoms with Gasteiger partial charge < -0.3 is 15.5 Å². The lowest BCUT2D eigenvalue weighted by atomic mass is 10.0. The maximum absolute atomic E-state index is 14.4. The van der Waals surface area contributed by atoms with Gasteiger partial charge >= 0.3 is 0 Å². The Kier molecular flexibility index (Phi) is 6.82. The Morgan fingerprint density at radius 1 is 1.18 bits per heavy atom. The summed E-state index contributed by atoms with van der Waals surface area (Å²) in [5.41, 5.74) is -0.405. The first-order valence-electron chi connectivity index (χ1n) is 9.13. The molecule has 0 aliphatic carbocycles. The quantitative estimate of drug-likeness (QED) is 0.427. The SMILES string of the molecule is CCCCNC1CN(C(=O)c2ccc(F)c(F)c2Nc2ccc(I)cc2F)C1. The van der Waals surface area contributed by atoms with Crippen molar-refractivity contribution < 1.29 is 18.0 Å². The summed E-state index contributed by atoms with van der Waals surface area (Å²) in [6.45, 7) is 3.98. The monoisotopic (exact) mass is 503 g/mol. The number of nitrogens with one attached hydrogen (secondary N) is 2. The van der Waals surface area contributed by atoms with Crippen molar-refractivity contribution in [1.29, 1.82) is 0 Å². The van der Waals surface area contributed by atoms with Crippen molar-refractivity contribution in [3.8, 4) is 0 Å². The van der Waals surface area contributed by atoms with E-state index in [1.165, 1.54) is 18.2 Å². The maximum atomic E-state index is 14.4. The summed E-state index contributed by atoms with van der Waals surface area (Å²) in [5, 5.41) is 5.91. The van der Waals surface area contributed by atoms with Gasteiger partial charge in [0, 0.05) is 22.7 Å². The molecular weight excluding hydrogens is 482 g/mol. The number of benzene rings is 2. The molecule has 0 saturated carbocycles. The molecule has 1 aliphatic rings.